The van der Waals surface area contributed by atoms with Crippen LogP contribution < -0.4 is 10.9 Å². The summed E-state index contributed by atoms with van der Waals surface area (Å²) in [5.74, 6) is 1.20. The Kier molecular flexibility index (Phi) is 4.93. The zero-order chi connectivity index (χ0) is 18.1. The van der Waals surface area contributed by atoms with Gasteiger partial charge in [-0.25, -0.2) is 9.97 Å². The van der Waals surface area contributed by atoms with Crippen molar-refractivity contribution in [1.29, 1.82) is 0 Å². The minimum Gasteiger partial charge on any atom is -0.370 e. The van der Waals surface area contributed by atoms with Crippen LogP contribution in [-0.4, -0.2) is 40.1 Å². The van der Waals surface area contributed by atoms with Crippen LogP contribution in [0.5, 0.6) is 0 Å². The maximum atomic E-state index is 12.3. The number of halogens is 1. The van der Waals surface area contributed by atoms with Crippen LogP contribution in [0.2, 0.25) is 5.15 Å². The van der Waals surface area contributed by atoms with E-state index in [4.69, 9.17) is 16.3 Å². The van der Waals surface area contributed by atoms with Crippen molar-refractivity contribution in [3.05, 3.63) is 50.3 Å². The molecule has 4 rings (SSSR count). The lowest BCUT2D eigenvalue weighted by Crippen LogP contribution is -2.30. The molecule has 8 heteroatoms. The molecule has 0 amide bonds. The van der Waals surface area contributed by atoms with Crippen molar-refractivity contribution in [1.82, 2.24) is 19.9 Å². The summed E-state index contributed by atoms with van der Waals surface area (Å²) >= 11 is 6.13. The second-order valence-electron chi connectivity index (χ2n) is 6.90. The maximum Gasteiger partial charge on any atom is 0.253 e. The maximum absolute atomic E-state index is 12.3. The van der Waals surface area contributed by atoms with Crippen LogP contribution >= 0.6 is 11.6 Å². The molecule has 1 unspecified atom stereocenters. The van der Waals surface area contributed by atoms with Gasteiger partial charge in [-0.05, 0) is 31.5 Å². The van der Waals surface area contributed by atoms with E-state index < -0.39 is 0 Å². The number of hydrogen-bond acceptors (Lipinski definition) is 6. The van der Waals surface area contributed by atoms with Crippen molar-refractivity contribution in [3.8, 4) is 0 Å². The third kappa shape index (κ3) is 3.75. The number of ether oxygens (including phenoxy) is 1. The minimum absolute atomic E-state index is 0.0553. The fourth-order valence-corrected chi connectivity index (χ4v) is 3.66. The lowest BCUT2D eigenvalue weighted by atomic mass is 10.0. The first-order valence-corrected chi connectivity index (χ1v) is 9.29. The van der Waals surface area contributed by atoms with Crippen molar-refractivity contribution < 1.29 is 4.74 Å². The molecule has 1 atom stereocenters. The number of H-pyrrole nitrogens is 1. The van der Waals surface area contributed by atoms with Gasteiger partial charge in [0.05, 0.1) is 0 Å². The highest BCUT2D eigenvalue weighted by Gasteiger charge is 2.21. The largest absolute Gasteiger partial charge is 0.370 e. The summed E-state index contributed by atoms with van der Waals surface area (Å²) in [5.41, 5.74) is 2.85. The smallest absolute Gasteiger partial charge is 0.253 e. The number of aromatic nitrogens is 3. The molecule has 26 heavy (non-hydrogen) atoms. The third-order valence-electron chi connectivity index (χ3n) is 4.87. The second kappa shape index (κ2) is 7.34. The average Bonchev–Trinajstić information content (AvgIpc) is 3.14. The van der Waals surface area contributed by atoms with Gasteiger partial charge in [-0.1, -0.05) is 11.6 Å². The van der Waals surface area contributed by atoms with Crippen LogP contribution in [-0.2, 0) is 24.2 Å². The Morgan fingerprint density at radius 2 is 2.31 bits per heavy atom. The molecule has 0 spiro atoms. The van der Waals surface area contributed by atoms with Gasteiger partial charge in [-0.15, -0.1) is 0 Å². The fraction of sp³-hybridized carbons (Fsp3) is 0.500. The molecule has 0 aromatic carbocycles. The first-order valence-electron chi connectivity index (χ1n) is 8.91. The van der Waals surface area contributed by atoms with Crippen molar-refractivity contribution in [2.75, 3.05) is 25.5 Å². The van der Waals surface area contributed by atoms with Crippen molar-refractivity contribution in [2.45, 2.75) is 38.5 Å². The highest BCUT2D eigenvalue weighted by Crippen LogP contribution is 2.27. The molecule has 138 valence electrons. The molecule has 0 bridgehead atoms. The molecular weight excluding hydrogens is 354 g/mol. The zero-order valence-corrected chi connectivity index (χ0v) is 15.5. The molecular formula is C18H22ClN5O2. The summed E-state index contributed by atoms with van der Waals surface area (Å²) in [5, 5.41) is 3.57. The molecule has 2 N–H and O–H groups in total. The lowest BCUT2D eigenvalue weighted by Gasteiger charge is -2.24. The van der Waals surface area contributed by atoms with Gasteiger partial charge in [0.15, 0.2) is 5.82 Å². The van der Waals surface area contributed by atoms with Gasteiger partial charge in [0.1, 0.15) is 17.1 Å². The van der Waals surface area contributed by atoms with Crippen molar-refractivity contribution in [2.24, 2.45) is 0 Å². The molecule has 4 heterocycles. The Morgan fingerprint density at radius 1 is 1.42 bits per heavy atom. The number of likely N-dealkylation sites (N-methyl/N-ethyl adjacent to an activating group) is 1. The zero-order valence-electron chi connectivity index (χ0n) is 14.7. The van der Waals surface area contributed by atoms with E-state index >= 15 is 0 Å². The summed E-state index contributed by atoms with van der Waals surface area (Å²) in [6.07, 6.45) is 2.68. The number of fused-ring (bicyclic) bond motifs is 1. The summed E-state index contributed by atoms with van der Waals surface area (Å²) in [4.78, 5) is 26.4. The predicted molar refractivity (Wildman–Crippen MR) is 99.4 cm³/mol. The third-order valence-corrected chi connectivity index (χ3v) is 5.06. The molecule has 1 saturated heterocycles. The van der Waals surface area contributed by atoms with E-state index in [0.29, 0.717) is 28.9 Å². The van der Waals surface area contributed by atoms with Crippen LogP contribution in [0.3, 0.4) is 0 Å². The standard InChI is InChI=1S/C18H22ClN5O2/c1-24-5-4-13-12(10-24)7-11(18(25)21-13)9-20-16-8-15(19)22-17(23-16)14-3-2-6-26-14/h7-8,14H,2-6,9-10H2,1H3,(H,21,25)(H,20,22,23). The molecule has 0 radical (unpaired) electrons. The monoisotopic (exact) mass is 375 g/mol. The van der Waals surface area contributed by atoms with Crippen LogP contribution in [0.1, 0.15) is 41.6 Å². The quantitative estimate of drug-likeness (QED) is 0.798. The molecule has 2 aromatic heterocycles. The van der Waals surface area contributed by atoms with E-state index in [2.05, 4.69) is 32.2 Å². The van der Waals surface area contributed by atoms with Crippen molar-refractivity contribution >= 4 is 17.4 Å². The normalized spacial score (nSPS) is 20.2. The number of rotatable bonds is 4. The van der Waals surface area contributed by atoms with Crippen LogP contribution in [0.15, 0.2) is 16.9 Å². The number of nitrogens with one attached hydrogen (secondary N) is 2. The number of pyridine rings is 1. The molecule has 0 saturated carbocycles. The first kappa shape index (κ1) is 17.5. The SMILES string of the molecule is CN1CCc2[nH]c(=O)c(CNc3cc(Cl)nc(C4CCCO4)n3)cc2C1. The fourth-order valence-electron chi connectivity index (χ4n) is 3.47. The Bertz CT molecular complexity index is 863. The Morgan fingerprint density at radius 3 is 3.12 bits per heavy atom. The summed E-state index contributed by atoms with van der Waals surface area (Å²) < 4.78 is 5.63. The Balaban J connectivity index is 1.52. The molecule has 2 aromatic rings. The number of nitrogens with zero attached hydrogens (tertiary/aromatic N) is 3. The van der Waals surface area contributed by atoms with E-state index in [0.717, 1.165) is 44.7 Å². The van der Waals surface area contributed by atoms with E-state index in [1.807, 2.05) is 6.07 Å². The number of aromatic amines is 1. The van der Waals surface area contributed by atoms with E-state index in [-0.39, 0.29) is 11.7 Å². The van der Waals surface area contributed by atoms with E-state index in [1.165, 1.54) is 5.56 Å². The van der Waals surface area contributed by atoms with E-state index in [1.54, 1.807) is 6.07 Å². The highest BCUT2D eigenvalue weighted by atomic mass is 35.5. The first-order chi connectivity index (χ1) is 12.6. The summed E-state index contributed by atoms with van der Waals surface area (Å²) in [6.45, 7) is 2.92. The van der Waals surface area contributed by atoms with Gasteiger partial charge >= 0.3 is 0 Å². The van der Waals surface area contributed by atoms with Crippen LogP contribution in [0.25, 0.3) is 0 Å². The molecule has 2 aliphatic rings. The van der Waals surface area contributed by atoms with Crippen LogP contribution in [0, 0.1) is 0 Å². The van der Waals surface area contributed by atoms with Gasteiger partial charge in [-0.3, -0.25) is 4.79 Å². The predicted octanol–water partition coefficient (Wildman–Crippen LogP) is 2.27. The molecule has 2 aliphatic heterocycles. The van der Waals surface area contributed by atoms with Gasteiger partial charge in [-0.2, -0.15) is 0 Å². The number of hydrogen-bond donors (Lipinski definition) is 2. The highest BCUT2D eigenvalue weighted by molar-refractivity contribution is 6.29. The topological polar surface area (TPSA) is 83.1 Å². The Hall–Kier alpha value is -1.96. The van der Waals surface area contributed by atoms with Crippen LogP contribution in [0.4, 0.5) is 5.82 Å². The lowest BCUT2D eigenvalue weighted by molar-refractivity contribution is 0.105. The summed E-state index contributed by atoms with van der Waals surface area (Å²) in [6, 6.07) is 3.65. The average molecular weight is 376 g/mol. The Labute approximate surface area is 156 Å². The summed E-state index contributed by atoms with van der Waals surface area (Å²) in [7, 11) is 2.08. The van der Waals surface area contributed by atoms with Gasteiger partial charge in [0, 0.05) is 50.0 Å². The molecule has 7 nitrogen and oxygen atoms in total. The molecule has 0 aliphatic carbocycles. The second-order valence-corrected chi connectivity index (χ2v) is 7.29. The van der Waals surface area contributed by atoms with E-state index in [9.17, 15) is 4.79 Å². The minimum atomic E-state index is -0.100. The van der Waals surface area contributed by atoms with Gasteiger partial charge in [0.2, 0.25) is 0 Å². The van der Waals surface area contributed by atoms with Crippen molar-refractivity contribution in [3.63, 3.8) is 0 Å². The van der Waals surface area contributed by atoms with Gasteiger partial charge < -0.3 is 19.9 Å². The molecule has 1 fully saturated rings. The van der Waals surface area contributed by atoms with Gasteiger partial charge in [0.25, 0.3) is 5.56 Å². The number of anilines is 1.